The van der Waals surface area contributed by atoms with Crippen molar-refractivity contribution in [3.8, 4) is 5.75 Å². The molecule has 2 rings (SSSR count). The minimum atomic E-state index is -0.662. The van der Waals surface area contributed by atoms with E-state index in [-0.39, 0.29) is 25.0 Å². The molecule has 168 valence electrons. The van der Waals surface area contributed by atoms with Crippen molar-refractivity contribution in [3.05, 3.63) is 62.5 Å². The highest BCUT2D eigenvalue weighted by atomic mass is 79.9. The number of rotatable bonds is 11. The molecule has 8 heteroatoms. The molecule has 0 spiro atoms. The number of carbonyl (C=O) groups is 2. The summed E-state index contributed by atoms with van der Waals surface area (Å²) in [5.74, 6) is 0.0419. The first kappa shape index (κ1) is 25.5. The molecule has 0 radical (unpaired) electrons. The number of benzene rings is 2. The van der Waals surface area contributed by atoms with Crippen molar-refractivity contribution < 1.29 is 14.3 Å². The van der Waals surface area contributed by atoms with Gasteiger partial charge in [0.2, 0.25) is 5.91 Å². The number of halogens is 3. The molecule has 0 bridgehead atoms. The Bertz CT molecular complexity index is 857. The fourth-order valence-corrected chi connectivity index (χ4v) is 3.82. The molecule has 0 saturated heterocycles. The van der Waals surface area contributed by atoms with Gasteiger partial charge in [0.25, 0.3) is 5.91 Å². The summed E-state index contributed by atoms with van der Waals surface area (Å²) in [6, 6.07) is 11.7. The lowest BCUT2D eigenvalue weighted by atomic mass is 10.1. The van der Waals surface area contributed by atoms with Crippen molar-refractivity contribution in [1.82, 2.24) is 10.2 Å². The number of carbonyl (C=O) groups excluding carboxylic acids is 2. The van der Waals surface area contributed by atoms with Gasteiger partial charge < -0.3 is 15.0 Å². The second-order valence-electron chi connectivity index (χ2n) is 7.03. The first-order valence-electron chi connectivity index (χ1n) is 10.3. The molecule has 0 fully saturated rings. The molecule has 31 heavy (non-hydrogen) atoms. The van der Waals surface area contributed by atoms with Gasteiger partial charge in [-0.15, -0.1) is 0 Å². The van der Waals surface area contributed by atoms with Crippen LogP contribution >= 0.6 is 39.1 Å². The maximum absolute atomic E-state index is 13.2. The van der Waals surface area contributed by atoms with Crippen molar-refractivity contribution in [2.75, 3.05) is 13.2 Å². The maximum Gasteiger partial charge on any atom is 0.261 e. The number of amides is 2. The summed E-state index contributed by atoms with van der Waals surface area (Å²) in [7, 11) is 0. The molecule has 0 unspecified atom stereocenters. The lowest BCUT2D eigenvalue weighted by Gasteiger charge is -2.31. The summed E-state index contributed by atoms with van der Waals surface area (Å²) in [4.78, 5) is 27.5. The normalized spacial score (nSPS) is 11.6. The topological polar surface area (TPSA) is 58.6 Å². The Morgan fingerprint density at radius 3 is 2.32 bits per heavy atom. The fourth-order valence-electron chi connectivity index (χ4n) is 3.04. The number of unbranched alkanes of at least 4 members (excludes halogenated alkanes) is 1. The quantitative estimate of drug-likeness (QED) is 0.371. The third kappa shape index (κ3) is 7.70. The predicted molar refractivity (Wildman–Crippen MR) is 129 cm³/mol. The van der Waals surface area contributed by atoms with E-state index in [1.807, 2.05) is 19.1 Å². The number of ether oxygens (including phenoxy) is 1. The Labute approximate surface area is 202 Å². The molecular formula is C23H27BrCl2N2O3. The molecule has 0 aliphatic carbocycles. The van der Waals surface area contributed by atoms with E-state index in [2.05, 4.69) is 28.2 Å². The van der Waals surface area contributed by atoms with Crippen LogP contribution in [0.15, 0.2) is 46.9 Å². The van der Waals surface area contributed by atoms with E-state index < -0.39 is 6.04 Å². The van der Waals surface area contributed by atoms with Crippen molar-refractivity contribution in [2.24, 2.45) is 0 Å². The van der Waals surface area contributed by atoms with Gasteiger partial charge in [-0.1, -0.05) is 65.5 Å². The van der Waals surface area contributed by atoms with Gasteiger partial charge >= 0.3 is 0 Å². The average molecular weight is 530 g/mol. The summed E-state index contributed by atoms with van der Waals surface area (Å²) in [5.41, 5.74) is 0.600. The van der Waals surface area contributed by atoms with Crippen molar-refractivity contribution in [2.45, 2.75) is 45.7 Å². The van der Waals surface area contributed by atoms with Gasteiger partial charge in [-0.25, -0.2) is 0 Å². The van der Waals surface area contributed by atoms with Crippen LogP contribution < -0.4 is 10.1 Å². The highest BCUT2D eigenvalue weighted by Crippen LogP contribution is 2.27. The summed E-state index contributed by atoms with van der Waals surface area (Å²) in [6.07, 6.45) is 2.29. The third-order valence-electron chi connectivity index (χ3n) is 4.78. The second kappa shape index (κ2) is 12.9. The van der Waals surface area contributed by atoms with Crippen LogP contribution in [-0.4, -0.2) is 35.9 Å². The summed E-state index contributed by atoms with van der Waals surface area (Å²) < 4.78 is 6.58. The van der Waals surface area contributed by atoms with Crippen LogP contribution in [0.4, 0.5) is 0 Å². The van der Waals surface area contributed by atoms with Crippen LogP contribution in [0.1, 0.15) is 38.7 Å². The van der Waals surface area contributed by atoms with Crippen LogP contribution in [0.2, 0.25) is 10.0 Å². The van der Waals surface area contributed by atoms with Gasteiger partial charge in [0.05, 0.1) is 0 Å². The van der Waals surface area contributed by atoms with Gasteiger partial charge in [0.1, 0.15) is 11.8 Å². The SMILES string of the molecule is CCCCNC(=O)[C@@H](CC)N(Cc1c(Cl)cccc1Cl)C(=O)COc1ccc(Br)cc1. The fraction of sp³-hybridized carbons (Fsp3) is 0.391. The average Bonchev–Trinajstić information content (AvgIpc) is 2.75. The lowest BCUT2D eigenvalue weighted by Crippen LogP contribution is -2.50. The Kier molecular flexibility index (Phi) is 10.6. The largest absolute Gasteiger partial charge is 0.484 e. The third-order valence-corrected chi connectivity index (χ3v) is 6.02. The molecule has 2 aromatic carbocycles. The van der Waals surface area contributed by atoms with Crippen LogP contribution in [0.25, 0.3) is 0 Å². The van der Waals surface area contributed by atoms with Crippen molar-refractivity contribution in [1.29, 1.82) is 0 Å². The standard InChI is InChI=1S/C23H27BrCl2N2O3/c1-3-5-13-27-23(30)21(4-2)28(14-18-19(25)7-6-8-20(18)26)22(29)15-31-17-11-9-16(24)10-12-17/h6-12,21H,3-5,13-15H2,1-2H3,(H,27,30)/t21-/m1/s1. The molecule has 1 atom stereocenters. The number of nitrogens with one attached hydrogen (secondary N) is 1. The van der Waals surface area contributed by atoms with E-state index in [1.165, 1.54) is 4.90 Å². The van der Waals surface area contributed by atoms with Crippen molar-refractivity contribution >= 4 is 50.9 Å². The highest BCUT2D eigenvalue weighted by Gasteiger charge is 2.29. The summed E-state index contributed by atoms with van der Waals surface area (Å²) in [5, 5.41) is 3.81. The van der Waals surface area contributed by atoms with E-state index in [0.29, 0.717) is 34.3 Å². The molecule has 5 nitrogen and oxygen atoms in total. The Morgan fingerprint density at radius 2 is 1.74 bits per heavy atom. The van der Waals surface area contributed by atoms with E-state index >= 15 is 0 Å². The van der Waals surface area contributed by atoms with Gasteiger partial charge in [0, 0.05) is 33.2 Å². The number of hydrogen-bond acceptors (Lipinski definition) is 3. The van der Waals surface area contributed by atoms with E-state index in [1.54, 1.807) is 30.3 Å². The zero-order chi connectivity index (χ0) is 22.8. The minimum Gasteiger partial charge on any atom is -0.484 e. The molecule has 2 aromatic rings. The highest BCUT2D eigenvalue weighted by molar-refractivity contribution is 9.10. The zero-order valence-electron chi connectivity index (χ0n) is 17.7. The molecule has 0 saturated carbocycles. The zero-order valence-corrected chi connectivity index (χ0v) is 20.8. The molecule has 0 aromatic heterocycles. The summed E-state index contributed by atoms with van der Waals surface area (Å²) in [6.45, 7) is 4.39. The Balaban J connectivity index is 2.23. The number of nitrogens with zero attached hydrogens (tertiary/aromatic N) is 1. The van der Waals surface area contributed by atoms with Gasteiger partial charge in [-0.2, -0.15) is 0 Å². The van der Waals surface area contributed by atoms with E-state index in [9.17, 15) is 9.59 Å². The van der Waals surface area contributed by atoms with Crippen LogP contribution in [-0.2, 0) is 16.1 Å². The van der Waals surface area contributed by atoms with Gasteiger partial charge in [-0.05, 0) is 49.2 Å². The van der Waals surface area contributed by atoms with E-state index in [0.717, 1.165) is 17.3 Å². The smallest absolute Gasteiger partial charge is 0.261 e. The monoisotopic (exact) mass is 528 g/mol. The molecular weight excluding hydrogens is 503 g/mol. The molecule has 0 heterocycles. The van der Waals surface area contributed by atoms with Crippen LogP contribution in [0.5, 0.6) is 5.75 Å². The maximum atomic E-state index is 13.2. The van der Waals surface area contributed by atoms with Gasteiger partial charge in [0.15, 0.2) is 6.61 Å². The Hall–Kier alpha value is -1.76. The molecule has 0 aliphatic rings. The Morgan fingerprint density at radius 1 is 1.10 bits per heavy atom. The molecule has 2 amide bonds. The lowest BCUT2D eigenvalue weighted by molar-refractivity contribution is -0.143. The van der Waals surface area contributed by atoms with E-state index in [4.69, 9.17) is 27.9 Å². The first-order valence-corrected chi connectivity index (χ1v) is 11.8. The molecule has 1 N–H and O–H groups in total. The van der Waals surface area contributed by atoms with Gasteiger partial charge in [-0.3, -0.25) is 9.59 Å². The van der Waals surface area contributed by atoms with Crippen LogP contribution in [0.3, 0.4) is 0 Å². The molecule has 0 aliphatic heterocycles. The predicted octanol–water partition coefficient (Wildman–Crippen LogP) is 5.86. The van der Waals surface area contributed by atoms with Crippen LogP contribution in [0, 0.1) is 0 Å². The first-order chi connectivity index (χ1) is 14.9. The number of hydrogen-bond donors (Lipinski definition) is 1. The minimum absolute atomic E-state index is 0.112. The van der Waals surface area contributed by atoms with Crippen molar-refractivity contribution in [3.63, 3.8) is 0 Å². The summed E-state index contributed by atoms with van der Waals surface area (Å²) >= 11 is 16.0. The second-order valence-corrected chi connectivity index (χ2v) is 8.76.